The van der Waals surface area contributed by atoms with Crippen LogP contribution < -0.4 is 0 Å². The first-order valence-electron chi connectivity index (χ1n) is 8.62. The van der Waals surface area contributed by atoms with Crippen molar-refractivity contribution in [2.75, 3.05) is 6.54 Å². The molecule has 0 saturated heterocycles. The fourth-order valence-corrected chi connectivity index (χ4v) is 3.62. The van der Waals surface area contributed by atoms with Gasteiger partial charge in [-0.1, -0.05) is 42.0 Å². The zero-order valence-corrected chi connectivity index (χ0v) is 14.0. The summed E-state index contributed by atoms with van der Waals surface area (Å²) in [6.45, 7) is 3.67. The van der Waals surface area contributed by atoms with Crippen LogP contribution in [0.15, 0.2) is 48.5 Å². The van der Waals surface area contributed by atoms with E-state index in [1.807, 2.05) is 35.2 Å². The Balaban J connectivity index is 1.62. The normalized spacial score (nSPS) is 14.5. The van der Waals surface area contributed by atoms with Crippen LogP contribution in [0.3, 0.4) is 0 Å². The molecule has 122 valence electrons. The number of H-pyrrole nitrogens is 1. The second-order valence-electron chi connectivity index (χ2n) is 6.71. The molecule has 4 rings (SSSR count). The van der Waals surface area contributed by atoms with E-state index in [1.54, 1.807) is 0 Å². The number of nitrogens with one attached hydrogen (secondary N) is 1. The number of carbonyl (C=O) groups is 1. The number of aromatic amines is 1. The number of fused-ring (bicyclic) bond motifs is 3. The minimum absolute atomic E-state index is 0.219. The minimum atomic E-state index is 0.219. The molecule has 1 aliphatic rings. The highest BCUT2D eigenvalue weighted by molar-refractivity contribution is 5.86. The first-order chi connectivity index (χ1) is 11.7. The Morgan fingerprint density at radius 3 is 2.83 bits per heavy atom. The highest BCUT2D eigenvalue weighted by atomic mass is 16.2. The van der Waals surface area contributed by atoms with Crippen molar-refractivity contribution >= 4 is 16.8 Å². The van der Waals surface area contributed by atoms with Crippen molar-refractivity contribution in [2.24, 2.45) is 0 Å². The highest BCUT2D eigenvalue weighted by Crippen LogP contribution is 2.28. The van der Waals surface area contributed by atoms with Gasteiger partial charge in [-0.2, -0.15) is 0 Å². The molecule has 3 nitrogen and oxygen atoms in total. The number of rotatable bonds is 2. The molecule has 0 saturated carbocycles. The quantitative estimate of drug-likeness (QED) is 0.762. The lowest BCUT2D eigenvalue weighted by atomic mass is 10.1. The molecule has 1 aliphatic heterocycles. The molecule has 2 aromatic carbocycles. The van der Waals surface area contributed by atoms with Gasteiger partial charge in [0.1, 0.15) is 0 Å². The zero-order valence-electron chi connectivity index (χ0n) is 14.0. The number of hydrogen-bond acceptors (Lipinski definition) is 1. The van der Waals surface area contributed by atoms with Crippen LogP contribution in [0.2, 0.25) is 0 Å². The molecule has 0 unspecified atom stereocenters. The molecule has 24 heavy (non-hydrogen) atoms. The molecule has 0 fully saturated rings. The van der Waals surface area contributed by atoms with Crippen molar-refractivity contribution in [1.29, 1.82) is 0 Å². The Kier molecular flexibility index (Phi) is 3.85. The molecule has 0 atom stereocenters. The molecule has 1 amide bonds. The summed E-state index contributed by atoms with van der Waals surface area (Å²) in [5.74, 6) is 0.219. The summed E-state index contributed by atoms with van der Waals surface area (Å²) in [6.07, 6.45) is 2.51. The van der Waals surface area contributed by atoms with E-state index in [2.05, 4.69) is 30.1 Å². The summed E-state index contributed by atoms with van der Waals surface area (Å²) >= 11 is 0. The van der Waals surface area contributed by atoms with Gasteiger partial charge in [-0.3, -0.25) is 4.79 Å². The van der Waals surface area contributed by atoms with Gasteiger partial charge >= 0.3 is 0 Å². The summed E-state index contributed by atoms with van der Waals surface area (Å²) < 4.78 is 0. The van der Waals surface area contributed by atoms with Crippen LogP contribution >= 0.6 is 0 Å². The van der Waals surface area contributed by atoms with Gasteiger partial charge in [0.15, 0.2) is 0 Å². The van der Waals surface area contributed by atoms with Gasteiger partial charge in [0.25, 0.3) is 0 Å². The number of nitrogens with zero attached hydrogens (tertiary/aromatic N) is 1. The second kappa shape index (κ2) is 6.16. The summed E-state index contributed by atoms with van der Waals surface area (Å²) in [5, 5.41) is 1.27. The first-order valence-corrected chi connectivity index (χ1v) is 8.62. The number of aryl methyl sites for hydroxylation is 2. The Morgan fingerprint density at radius 2 is 2.00 bits per heavy atom. The number of amides is 1. The third kappa shape index (κ3) is 2.82. The first kappa shape index (κ1) is 15.0. The second-order valence-corrected chi connectivity index (χ2v) is 6.71. The average molecular weight is 318 g/mol. The summed E-state index contributed by atoms with van der Waals surface area (Å²) in [5.41, 5.74) is 6.12. The monoisotopic (exact) mass is 318 g/mol. The minimum Gasteiger partial charge on any atom is -0.358 e. The number of carbonyl (C=O) groups excluding carboxylic acids is 1. The molecule has 3 heteroatoms. The van der Waals surface area contributed by atoms with Gasteiger partial charge in [-0.25, -0.2) is 0 Å². The molecule has 0 bridgehead atoms. The van der Waals surface area contributed by atoms with Crippen LogP contribution in [0.5, 0.6) is 0 Å². The Hall–Kier alpha value is -2.55. The Labute approximate surface area is 142 Å². The predicted molar refractivity (Wildman–Crippen MR) is 96.9 cm³/mol. The van der Waals surface area contributed by atoms with Gasteiger partial charge in [-0.15, -0.1) is 0 Å². The SMILES string of the molecule is Cc1ccc2[nH]c3c(c2c1)CN(C(=O)Cc1ccccc1)CCC3. The average Bonchev–Trinajstić information content (AvgIpc) is 2.78. The molecule has 0 spiro atoms. The molecule has 0 radical (unpaired) electrons. The maximum Gasteiger partial charge on any atom is 0.227 e. The fourth-order valence-electron chi connectivity index (χ4n) is 3.62. The number of benzene rings is 2. The van der Waals surface area contributed by atoms with Crippen molar-refractivity contribution in [2.45, 2.75) is 32.7 Å². The fraction of sp³-hybridized carbons (Fsp3) is 0.286. The smallest absolute Gasteiger partial charge is 0.227 e. The van der Waals surface area contributed by atoms with E-state index in [0.29, 0.717) is 13.0 Å². The third-order valence-corrected chi connectivity index (χ3v) is 4.90. The summed E-state index contributed by atoms with van der Waals surface area (Å²) in [4.78, 5) is 18.3. The lowest BCUT2D eigenvalue weighted by Crippen LogP contribution is -2.31. The van der Waals surface area contributed by atoms with Crippen LogP contribution in [0.25, 0.3) is 10.9 Å². The molecule has 3 aromatic rings. The summed E-state index contributed by atoms with van der Waals surface area (Å²) in [6, 6.07) is 16.5. The maximum absolute atomic E-state index is 12.8. The van der Waals surface area contributed by atoms with E-state index >= 15 is 0 Å². The lowest BCUT2D eigenvalue weighted by molar-refractivity contribution is -0.131. The van der Waals surface area contributed by atoms with Crippen molar-refractivity contribution in [3.8, 4) is 0 Å². The van der Waals surface area contributed by atoms with Crippen LogP contribution in [0.4, 0.5) is 0 Å². The summed E-state index contributed by atoms with van der Waals surface area (Å²) in [7, 11) is 0. The van der Waals surface area contributed by atoms with Crippen molar-refractivity contribution in [1.82, 2.24) is 9.88 Å². The number of hydrogen-bond donors (Lipinski definition) is 1. The van der Waals surface area contributed by atoms with Gasteiger partial charge in [0, 0.05) is 35.2 Å². The number of aromatic nitrogens is 1. The van der Waals surface area contributed by atoms with Crippen molar-refractivity contribution in [3.05, 3.63) is 70.9 Å². The van der Waals surface area contributed by atoms with Gasteiger partial charge in [0.05, 0.1) is 6.42 Å². The van der Waals surface area contributed by atoms with E-state index < -0.39 is 0 Å². The van der Waals surface area contributed by atoms with Gasteiger partial charge in [0.2, 0.25) is 5.91 Å². The van der Waals surface area contributed by atoms with Crippen LogP contribution in [-0.4, -0.2) is 22.3 Å². The lowest BCUT2D eigenvalue weighted by Gasteiger charge is -2.21. The van der Waals surface area contributed by atoms with Gasteiger partial charge < -0.3 is 9.88 Å². The van der Waals surface area contributed by atoms with Crippen LogP contribution in [-0.2, 0) is 24.2 Å². The van der Waals surface area contributed by atoms with Gasteiger partial charge in [-0.05, 0) is 37.5 Å². The molecule has 2 heterocycles. The Morgan fingerprint density at radius 1 is 1.17 bits per heavy atom. The van der Waals surface area contributed by atoms with E-state index in [0.717, 1.165) is 24.9 Å². The van der Waals surface area contributed by atoms with E-state index in [9.17, 15) is 4.79 Å². The topological polar surface area (TPSA) is 36.1 Å². The highest BCUT2D eigenvalue weighted by Gasteiger charge is 2.22. The largest absolute Gasteiger partial charge is 0.358 e. The van der Waals surface area contributed by atoms with E-state index in [-0.39, 0.29) is 5.91 Å². The molecular weight excluding hydrogens is 296 g/mol. The maximum atomic E-state index is 12.8. The van der Waals surface area contributed by atoms with Crippen LogP contribution in [0, 0.1) is 6.92 Å². The third-order valence-electron chi connectivity index (χ3n) is 4.90. The molecule has 1 aromatic heterocycles. The van der Waals surface area contributed by atoms with Crippen molar-refractivity contribution < 1.29 is 4.79 Å². The predicted octanol–water partition coefficient (Wildman–Crippen LogP) is 3.99. The zero-order chi connectivity index (χ0) is 16.5. The molecular formula is C21H22N2O. The van der Waals surface area contributed by atoms with E-state index in [4.69, 9.17) is 0 Å². The molecule has 1 N–H and O–H groups in total. The standard InChI is InChI=1S/C21H22N2O/c1-15-9-10-20-17(12-15)18-14-23(11-5-8-19(18)22-20)21(24)13-16-6-3-2-4-7-16/h2-4,6-7,9-10,12,22H,5,8,11,13-14H2,1H3. The Bertz CT molecular complexity index is 879. The van der Waals surface area contributed by atoms with Crippen molar-refractivity contribution in [3.63, 3.8) is 0 Å². The molecule has 0 aliphatic carbocycles. The van der Waals surface area contributed by atoms with Crippen LogP contribution in [0.1, 0.15) is 28.8 Å². The van der Waals surface area contributed by atoms with E-state index in [1.165, 1.54) is 27.7 Å².